The normalized spacial score (nSPS) is 13.8. The Morgan fingerprint density at radius 1 is 1.03 bits per heavy atom. The van der Waals surface area contributed by atoms with Gasteiger partial charge >= 0.3 is 0 Å². The molecule has 0 saturated carbocycles. The molecule has 1 fully saturated rings. The van der Waals surface area contributed by atoms with Crippen molar-refractivity contribution in [1.29, 1.82) is 0 Å². The highest BCUT2D eigenvalue weighted by molar-refractivity contribution is 7.99. The number of thioether (sulfide) groups is 1. The minimum atomic E-state index is 0.0220. The van der Waals surface area contributed by atoms with Crippen LogP contribution in [0.25, 0.3) is 0 Å². The summed E-state index contributed by atoms with van der Waals surface area (Å²) in [5, 5.41) is 0. The first-order chi connectivity index (χ1) is 15.0. The van der Waals surface area contributed by atoms with Gasteiger partial charge in [0.1, 0.15) is 11.5 Å². The number of carbonyl (C=O) groups is 2. The molecule has 0 spiro atoms. The molecule has 7 heteroatoms. The quantitative estimate of drug-likeness (QED) is 0.550. The number of carbonyl (C=O) groups excluding carboxylic acids is 2. The summed E-state index contributed by atoms with van der Waals surface area (Å²) in [7, 11) is 1.62. The van der Waals surface area contributed by atoms with Gasteiger partial charge in [0, 0.05) is 43.1 Å². The number of para-hydroxylation sites is 2. The van der Waals surface area contributed by atoms with Crippen LogP contribution in [-0.4, -0.2) is 62.2 Å². The van der Waals surface area contributed by atoms with E-state index in [1.807, 2.05) is 42.2 Å². The van der Waals surface area contributed by atoms with Crippen LogP contribution in [0.1, 0.15) is 29.8 Å². The van der Waals surface area contributed by atoms with Crippen molar-refractivity contribution >= 4 is 29.1 Å². The summed E-state index contributed by atoms with van der Waals surface area (Å²) in [5.41, 5.74) is 2.68. The Labute approximate surface area is 188 Å². The smallest absolute Gasteiger partial charge is 0.232 e. The van der Waals surface area contributed by atoms with E-state index in [0.29, 0.717) is 36.8 Å². The van der Waals surface area contributed by atoms with Crippen LogP contribution in [0.2, 0.25) is 0 Å². The average Bonchev–Trinajstić information content (AvgIpc) is 2.79. The van der Waals surface area contributed by atoms with Crippen molar-refractivity contribution in [2.75, 3.05) is 50.5 Å². The molecule has 2 aromatic rings. The molecule has 3 rings (SSSR count). The minimum absolute atomic E-state index is 0.0220. The molecule has 31 heavy (non-hydrogen) atoms. The lowest BCUT2D eigenvalue weighted by atomic mass is 10.1. The Morgan fingerprint density at radius 3 is 2.45 bits per heavy atom. The molecule has 0 atom stereocenters. The molecule has 0 bridgehead atoms. The van der Waals surface area contributed by atoms with Crippen LogP contribution in [0, 0.1) is 0 Å². The summed E-state index contributed by atoms with van der Waals surface area (Å²) < 4.78 is 11.1. The molecule has 0 unspecified atom stereocenters. The van der Waals surface area contributed by atoms with E-state index in [1.54, 1.807) is 31.9 Å². The molecule has 2 aromatic carbocycles. The number of hydrogen-bond acceptors (Lipinski definition) is 6. The lowest BCUT2D eigenvalue weighted by Gasteiger charge is -2.36. The molecule has 0 N–H and O–H groups in total. The van der Waals surface area contributed by atoms with Crippen LogP contribution in [0.3, 0.4) is 0 Å². The maximum atomic E-state index is 12.7. The molecule has 1 heterocycles. The zero-order chi connectivity index (χ0) is 22.2. The van der Waals surface area contributed by atoms with Crippen LogP contribution in [0.5, 0.6) is 11.5 Å². The highest BCUT2D eigenvalue weighted by Crippen LogP contribution is 2.29. The topological polar surface area (TPSA) is 59.1 Å². The van der Waals surface area contributed by atoms with Gasteiger partial charge in [-0.05, 0) is 44.2 Å². The van der Waals surface area contributed by atoms with Crippen LogP contribution < -0.4 is 14.4 Å². The van der Waals surface area contributed by atoms with E-state index < -0.39 is 0 Å². The Morgan fingerprint density at radius 2 is 1.77 bits per heavy atom. The standard InChI is InChI=1S/C24H30N2O4S/c1-4-30-23-8-6-5-7-21(23)25-11-13-26(14-12-25)24(28)17-31-16-20-15-19(18(2)27)9-10-22(20)29-3/h5-10,15H,4,11-14,16-17H2,1-3H3. The summed E-state index contributed by atoms with van der Waals surface area (Å²) in [6.45, 7) is 7.13. The number of ether oxygens (including phenoxy) is 2. The summed E-state index contributed by atoms with van der Waals surface area (Å²) in [5.74, 6) is 2.83. The van der Waals surface area contributed by atoms with Gasteiger partial charge < -0.3 is 19.3 Å². The maximum Gasteiger partial charge on any atom is 0.232 e. The molecule has 0 aromatic heterocycles. The van der Waals surface area contributed by atoms with Crippen LogP contribution in [0.15, 0.2) is 42.5 Å². The number of amides is 1. The van der Waals surface area contributed by atoms with Gasteiger partial charge in [0.05, 0.1) is 25.2 Å². The predicted molar refractivity (Wildman–Crippen MR) is 126 cm³/mol. The number of hydrogen-bond donors (Lipinski definition) is 0. The second-order valence-electron chi connectivity index (χ2n) is 7.34. The van der Waals surface area contributed by atoms with Gasteiger partial charge in [-0.15, -0.1) is 11.8 Å². The van der Waals surface area contributed by atoms with Crippen LogP contribution in [0.4, 0.5) is 5.69 Å². The summed E-state index contributed by atoms with van der Waals surface area (Å²) in [4.78, 5) is 28.6. The van der Waals surface area contributed by atoms with Crippen molar-refractivity contribution in [3.8, 4) is 11.5 Å². The molecule has 1 aliphatic heterocycles. The first-order valence-electron chi connectivity index (χ1n) is 10.5. The highest BCUT2D eigenvalue weighted by Gasteiger charge is 2.23. The zero-order valence-electron chi connectivity index (χ0n) is 18.4. The highest BCUT2D eigenvalue weighted by atomic mass is 32.2. The molecule has 1 aliphatic rings. The molecular weight excluding hydrogens is 412 g/mol. The van der Waals surface area contributed by atoms with Crippen molar-refractivity contribution < 1.29 is 19.1 Å². The van der Waals surface area contributed by atoms with Crippen LogP contribution >= 0.6 is 11.8 Å². The third kappa shape index (κ3) is 5.94. The fraction of sp³-hybridized carbons (Fsp3) is 0.417. The molecule has 0 aliphatic carbocycles. The third-order valence-electron chi connectivity index (χ3n) is 5.31. The Bertz CT molecular complexity index is 910. The Hall–Kier alpha value is -2.67. The largest absolute Gasteiger partial charge is 0.496 e. The monoisotopic (exact) mass is 442 g/mol. The lowest BCUT2D eigenvalue weighted by molar-refractivity contribution is -0.128. The number of ketones is 1. The Balaban J connectivity index is 1.51. The number of piperazine rings is 1. The zero-order valence-corrected chi connectivity index (χ0v) is 19.2. The number of nitrogens with zero attached hydrogens (tertiary/aromatic N) is 2. The van der Waals surface area contributed by atoms with Crippen molar-refractivity contribution in [3.05, 3.63) is 53.6 Å². The van der Waals surface area contributed by atoms with E-state index >= 15 is 0 Å². The number of benzene rings is 2. The van der Waals surface area contributed by atoms with Crippen molar-refractivity contribution in [2.24, 2.45) is 0 Å². The first kappa shape index (κ1) is 23.0. The summed E-state index contributed by atoms with van der Waals surface area (Å²) in [6, 6.07) is 13.5. The maximum absolute atomic E-state index is 12.7. The molecule has 1 saturated heterocycles. The molecule has 0 radical (unpaired) electrons. The van der Waals surface area contributed by atoms with E-state index in [4.69, 9.17) is 9.47 Å². The summed E-state index contributed by atoms with van der Waals surface area (Å²) >= 11 is 1.55. The first-order valence-corrected chi connectivity index (χ1v) is 11.7. The lowest BCUT2D eigenvalue weighted by Crippen LogP contribution is -2.49. The van der Waals surface area contributed by atoms with E-state index in [-0.39, 0.29) is 11.7 Å². The number of anilines is 1. The van der Waals surface area contributed by atoms with E-state index in [1.165, 1.54) is 0 Å². The van der Waals surface area contributed by atoms with E-state index in [2.05, 4.69) is 11.0 Å². The van der Waals surface area contributed by atoms with Crippen molar-refractivity contribution in [1.82, 2.24) is 4.90 Å². The fourth-order valence-electron chi connectivity index (χ4n) is 3.64. The van der Waals surface area contributed by atoms with Gasteiger partial charge in [-0.2, -0.15) is 0 Å². The third-order valence-corrected chi connectivity index (χ3v) is 6.27. The predicted octanol–water partition coefficient (Wildman–Crippen LogP) is 3.88. The van der Waals surface area contributed by atoms with Gasteiger partial charge in [0.15, 0.2) is 5.78 Å². The molecule has 1 amide bonds. The SMILES string of the molecule is CCOc1ccccc1N1CCN(C(=O)CSCc2cc(C(C)=O)ccc2OC)CC1. The van der Waals surface area contributed by atoms with Gasteiger partial charge in [-0.25, -0.2) is 0 Å². The van der Waals surface area contributed by atoms with Gasteiger partial charge in [-0.3, -0.25) is 9.59 Å². The minimum Gasteiger partial charge on any atom is -0.496 e. The number of rotatable bonds is 9. The average molecular weight is 443 g/mol. The Kier molecular flexibility index (Phi) is 8.23. The molecule has 166 valence electrons. The number of methoxy groups -OCH3 is 1. The van der Waals surface area contributed by atoms with Crippen molar-refractivity contribution in [3.63, 3.8) is 0 Å². The van der Waals surface area contributed by atoms with Gasteiger partial charge in [-0.1, -0.05) is 12.1 Å². The number of Topliss-reactive ketones (excluding diaryl/α,β-unsaturated/α-hetero) is 1. The van der Waals surface area contributed by atoms with E-state index in [0.717, 1.165) is 35.8 Å². The second-order valence-corrected chi connectivity index (χ2v) is 8.33. The molecular formula is C24H30N2O4S. The fourth-order valence-corrected chi connectivity index (χ4v) is 4.55. The van der Waals surface area contributed by atoms with Gasteiger partial charge in [0.25, 0.3) is 0 Å². The van der Waals surface area contributed by atoms with Crippen LogP contribution in [-0.2, 0) is 10.5 Å². The summed E-state index contributed by atoms with van der Waals surface area (Å²) in [6.07, 6.45) is 0. The van der Waals surface area contributed by atoms with E-state index in [9.17, 15) is 9.59 Å². The van der Waals surface area contributed by atoms with Gasteiger partial charge in [0.2, 0.25) is 5.91 Å². The second kappa shape index (κ2) is 11.1. The molecule has 6 nitrogen and oxygen atoms in total. The van der Waals surface area contributed by atoms with Crippen molar-refractivity contribution in [2.45, 2.75) is 19.6 Å².